The number of nitrogens with zero attached hydrogens (tertiary/aromatic N) is 2. The van der Waals surface area contributed by atoms with Gasteiger partial charge in [0.1, 0.15) is 0 Å². The van der Waals surface area contributed by atoms with Crippen molar-refractivity contribution >= 4 is 27.8 Å². The fourth-order valence-electron chi connectivity index (χ4n) is 2.69. The second-order valence-electron chi connectivity index (χ2n) is 5.48. The van der Waals surface area contributed by atoms with Gasteiger partial charge in [-0.2, -0.15) is 13.2 Å². The molecule has 1 unspecified atom stereocenters. The highest BCUT2D eigenvalue weighted by molar-refractivity contribution is 7.17. The first-order valence-corrected chi connectivity index (χ1v) is 8.69. The molecule has 8 heteroatoms. The molecule has 0 bridgehead atoms. The van der Waals surface area contributed by atoms with E-state index in [2.05, 4.69) is 16.8 Å². The van der Waals surface area contributed by atoms with Crippen LogP contribution in [0.4, 0.5) is 18.3 Å². The zero-order valence-electron chi connectivity index (χ0n) is 12.0. The number of alkyl halides is 3. The first-order chi connectivity index (χ1) is 10.3. The first kappa shape index (κ1) is 15.8. The molecular formula is C14H16F3N3S2. The van der Waals surface area contributed by atoms with Crippen LogP contribution in [0.3, 0.4) is 0 Å². The number of nitrogen functional groups attached to an aromatic ring is 1. The summed E-state index contributed by atoms with van der Waals surface area (Å²) in [5, 5.41) is 1.53. The average molecular weight is 347 g/mol. The molecule has 0 amide bonds. The molecule has 3 nitrogen and oxygen atoms in total. The molecule has 1 atom stereocenters. The van der Waals surface area contributed by atoms with Crippen molar-refractivity contribution in [3.8, 4) is 10.6 Å². The summed E-state index contributed by atoms with van der Waals surface area (Å²) in [6, 6.07) is 1.65. The maximum Gasteiger partial charge on any atom is 0.417 e. The lowest BCUT2D eigenvalue weighted by Crippen LogP contribution is -2.25. The van der Waals surface area contributed by atoms with Gasteiger partial charge in [0.2, 0.25) is 0 Å². The summed E-state index contributed by atoms with van der Waals surface area (Å²) >= 11 is 2.43. The SMILES string of the molecule is CC1CCCN1Cc1sc(N)nc1-c1cc(C(F)(F)F)cs1. The summed E-state index contributed by atoms with van der Waals surface area (Å²) in [5.74, 6) is 0. The van der Waals surface area contributed by atoms with Crippen LogP contribution >= 0.6 is 22.7 Å². The van der Waals surface area contributed by atoms with E-state index in [1.165, 1.54) is 11.3 Å². The van der Waals surface area contributed by atoms with E-state index in [-0.39, 0.29) is 0 Å². The molecule has 1 aliphatic rings. The Balaban J connectivity index is 1.89. The number of halogens is 3. The summed E-state index contributed by atoms with van der Waals surface area (Å²) in [6.45, 7) is 3.88. The van der Waals surface area contributed by atoms with Gasteiger partial charge in [-0.3, -0.25) is 4.90 Å². The number of hydrogen-bond donors (Lipinski definition) is 1. The number of anilines is 1. The molecule has 0 radical (unpaired) electrons. The standard InChI is InChI=1S/C14H16F3N3S2/c1-8-3-2-4-20(8)6-11-12(19-13(18)22-11)10-5-9(7-21-10)14(15,16)17/h5,7-8H,2-4,6H2,1H3,(H2,18,19). The zero-order chi connectivity index (χ0) is 15.9. The topological polar surface area (TPSA) is 42.1 Å². The highest BCUT2D eigenvalue weighted by Crippen LogP contribution is 2.39. The minimum Gasteiger partial charge on any atom is -0.375 e. The van der Waals surface area contributed by atoms with Gasteiger partial charge < -0.3 is 5.73 Å². The van der Waals surface area contributed by atoms with E-state index in [0.29, 0.717) is 28.3 Å². The lowest BCUT2D eigenvalue weighted by Gasteiger charge is -2.20. The predicted molar refractivity (Wildman–Crippen MR) is 83.9 cm³/mol. The van der Waals surface area contributed by atoms with Crippen LogP contribution in [0.2, 0.25) is 0 Å². The molecular weight excluding hydrogens is 331 g/mol. The molecule has 2 N–H and O–H groups in total. The molecule has 1 aliphatic heterocycles. The number of thiophene rings is 1. The summed E-state index contributed by atoms with van der Waals surface area (Å²) in [5.41, 5.74) is 5.76. The van der Waals surface area contributed by atoms with Crippen molar-refractivity contribution < 1.29 is 13.2 Å². The number of rotatable bonds is 3. The lowest BCUT2D eigenvalue weighted by molar-refractivity contribution is -0.137. The van der Waals surface area contributed by atoms with Crippen LogP contribution in [0.5, 0.6) is 0 Å². The number of hydrogen-bond acceptors (Lipinski definition) is 5. The molecule has 2 aromatic rings. The van der Waals surface area contributed by atoms with Crippen molar-refractivity contribution in [2.24, 2.45) is 0 Å². The Morgan fingerprint density at radius 3 is 2.82 bits per heavy atom. The molecule has 0 aromatic carbocycles. The number of thiazole rings is 1. The molecule has 120 valence electrons. The van der Waals surface area contributed by atoms with E-state index in [9.17, 15) is 13.2 Å². The molecule has 3 rings (SSSR count). The second-order valence-corrected chi connectivity index (χ2v) is 7.51. The van der Waals surface area contributed by atoms with E-state index >= 15 is 0 Å². The number of likely N-dealkylation sites (tertiary alicyclic amines) is 1. The summed E-state index contributed by atoms with van der Waals surface area (Å²) in [4.78, 5) is 8.06. The van der Waals surface area contributed by atoms with Crippen molar-refractivity contribution in [3.63, 3.8) is 0 Å². The largest absolute Gasteiger partial charge is 0.417 e. The van der Waals surface area contributed by atoms with Gasteiger partial charge in [0.25, 0.3) is 0 Å². The van der Waals surface area contributed by atoms with Crippen LogP contribution < -0.4 is 5.73 Å². The van der Waals surface area contributed by atoms with Gasteiger partial charge in [0.15, 0.2) is 5.13 Å². The predicted octanol–water partition coefficient (Wildman–Crippen LogP) is 4.46. The monoisotopic (exact) mass is 347 g/mol. The van der Waals surface area contributed by atoms with Gasteiger partial charge in [-0.25, -0.2) is 4.98 Å². The molecule has 0 saturated carbocycles. The molecule has 22 heavy (non-hydrogen) atoms. The van der Waals surface area contributed by atoms with Gasteiger partial charge >= 0.3 is 6.18 Å². The average Bonchev–Trinajstić information content (AvgIpc) is 3.10. The Morgan fingerprint density at radius 2 is 2.23 bits per heavy atom. The Hall–Kier alpha value is -1.12. The van der Waals surface area contributed by atoms with Crippen molar-refractivity contribution in [1.29, 1.82) is 0 Å². The van der Waals surface area contributed by atoms with E-state index < -0.39 is 11.7 Å². The molecule has 0 spiro atoms. The minimum atomic E-state index is -4.32. The van der Waals surface area contributed by atoms with Crippen LogP contribution in [-0.2, 0) is 12.7 Å². The van der Waals surface area contributed by atoms with Crippen molar-refractivity contribution in [3.05, 3.63) is 21.9 Å². The third kappa shape index (κ3) is 3.13. The van der Waals surface area contributed by atoms with Crippen molar-refractivity contribution in [2.75, 3.05) is 12.3 Å². The fraction of sp³-hybridized carbons (Fsp3) is 0.500. The number of aromatic nitrogens is 1. The van der Waals surface area contributed by atoms with Gasteiger partial charge in [0.05, 0.1) is 16.1 Å². The molecule has 1 saturated heterocycles. The van der Waals surface area contributed by atoms with Crippen LogP contribution in [0.25, 0.3) is 10.6 Å². The Labute approximate surface area is 134 Å². The van der Waals surface area contributed by atoms with E-state index in [4.69, 9.17) is 5.73 Å². The second kappa shape index (κ2) is 5.82. The van der Waals surface area contributed by atoms with Crippen LogP contribution in [0, 0.1) is 0 Å². The third-order valence-corrected chi connectivity index (χ3v) is 5.72. The van der Waals surface area contributed by atoms with Gasteiger partial charge in [0, 0.05) is 22.8 Å². The molecule has 3 heterocycles. The normalized spacial score (nSPS) is 19.9. The first-order valence-electron chi connectivity index (χ1n) is 7.00. The third-order valence-electron chi connectivity index (χ3n) is 3.91. The quantitative estimate of drug-likeness (QED) is 0.891. The Bertz CT molecular complexity index is 663. The molecule has 0 aliphatic carbocycles. The van der Waals surface area contributed by atoms with Gasteiger partial charge in [-0.1, -0.05) is 0 Å². The van der Waals surface area contributed by atoms with Crippen LogP contribution in [0.1, 0.15) is 30.2 Å². The molecule has 1 fully saturated rings. The van der Waals surface area contributed by atoms with Gasteiger partial charge in [-0.15, -0.1) is 22.7 Å². The highest BCUT2D eigenvalue weighted by Gasteiger charge is 2.32. The smallest absolute Gasteiger partial charge is 0.375 e. The van der Waals surface area contributed by atoms with Crippen molar-refractivity contribution in [1.82, 2.24) is 9.88 Å². The van der Waals surface area contributed by atoms with E-state index in [0.717, 1.165) is 47.0 Å². The van der Waals surface area contributed by atoms with Gasteiger partial charge in [-0.05, 0) is 32.4 Å². The highest BCUT2D eigenvalue weighted by atomic mass is 32.1. The van der Waals surface area contributed by atoms with E-state index in [1.807, 2.05) is 0 Å². The van der Waals surface area contributed by atoms with Crippen LogP contribution in [-0.4, -0.2) is 22.5 Å². The summed E-state index contributed by atoms with van der Waals surface area (Å²) in [7, 11) is 0. The fourth-order valence-corrected chi connectivity index (χ4v) is 4.56. The maximum atomic E-state index is 12.8. The lowest BCUT2D eigenvalue weighted by atomic mass is 10.2. The minimum absolute atomic E-state index is 0.402. The van der Waals surface area contributed by atoms with E-state index in [1.54, 1.807) is 0 Å². The zero-order valence-corrected chi connectivity index (χ0v) is 13.6. The van der Waals surface area contributed by atoms with Crippen LogP contribution in [0.15, 0.2) is 11.4 Å². The molecule has 2 aromatic heterocycles. The maximum absolute atomic E-state index is 12.8. The Kier molecular flexibility index (Phi) is 4.17. The Morgan fingerprint density at radius 1 is 1.45 bits per heavy atom. The summed E-state index contributed by atoms with van der Waals surface area (Å²) in [6.07, 6.45) is -2.01. The van der Waals surface area contributed by atoms with Crippen molar-refractivity contribution in [2.45, 2.75) is 38.5 Å². The number of nitrogens with two attached hydrogens (primary N) is 1. The summed E-state index contributed by atoms with van der Waals surface area (Å²) < 4.78 is 38.3.